The first-order valence-corrected chi connectivity index (χ1v) is 5.20. The van der Waals surface area contributed by atoms with E-state index in [2.05, 4.69) is 9.97 Å². The molecule has 0 amide bonds. The topological polar surface area (TPSA) is 73.2 Å². The van der Waals surface area contributed by atoms with E-state index in [1.807, 2.05) is 25.1 Å². The number of H-pyrrole nitrogens is 1. The van der Waals surface area contributed by atoms with Crippen molar-refractivity contribution in [2.24, 2.45) is 0 Å². The second kappa shape index (κ2) is 4.37. The van der Waals surface area contributed by atoms with Crippen LogP contribution in [0, 0.1) is 6.92 Å². The largest absolute Gasteiger partial charge is 0.493 e. The third kappa shape index (κ3) is 2.04. The Morgan fingerprint density at radius 1 is 1.18 bits per heavy atom. The minimum Gasteiger partial charge on any atom is -0.493 e. The number of anilines is 1. The van der Waals surface area contributed by atoms with Crippen LogP contribution in [0.15, 0.2) is 18.2 Å². The molecule has 0 spiro atoms. The van der Waals surface area contributed by atoms with Gasteiger partial charge in [0.1, 0.15) is 0 Å². The van der Waals surface area contributed by atoms with Crippen LogP contribution in [0.2, 0.25) is 0 Å². The number of nitrogens with zero attached hydrogens (tertiary/aromatic N) is 1. The van der Waals surface area contributed by atoms with Gasteiger partial charge in [0.05, 0.1) is 19.9 Å². The van der Waals surface area contributed by atoms with Crippen molar-refractivity contribution in [3.05, 3.63) is 23.9 Å². The maximum Gasteiger partial charge on any atom is 0.198 e. The molecule has 3 N–H and O–H groups in total. The Morgan fingerprint density at radius 2 is 1.88 bits per heavy atom. The van der Waals surface area contributed by atoms with Crippen LogP contribution in [0.5, 0.6) is 11.5 Å². The van der Waals surface area contributed by atoms with Crippen molar-refractivity contribution < 1.29 is 9.47 Å². The molecule has 0 fully saturated rings. The van der Waals surface area contributed by atoms with E-state index in [0.29, 0.717) is 17.4 Å². The second-order valence-corrected chi connectivity index (χ2v) is 3.67. The third-order valence-corrected chi connectivity index (χ3v) is 2.56. The number of hydrogen-bond donors (Lipinski definition) is 2. The van der Waals surface area contributed by atoms with Crippen LogP contribution in [0.4, 0.5) is 5.95 Å². The number of rotatable bonds is 3. The van der Waals surface area contributed by atoms with Crippen LogP contribution in [-0.4, -0.2) is 24.2 Å². The van der Waals surface area contributed by atoms with E-state index in [1.165, 1.54) is 0 Å². The average molecular weight is 233 g/mol. The van der Waals surface area contributed by atoms with Crippen LogP contribution < -0.4 is 15.2 Å². The molecular weight excluding hydrogens is 218 g/mol. The van der Waals surface area contributed by atoms with E-state index >= 15 is 0 Å². The Kier molecular flexibility index (Phi) is 2.91. The molecule has 1 aromatic heterocycles. The number of nitrogens with two attached hydrogens (primary N) is 1. The van der Waals surface area contributed by atoms with Gasteiger partial charge in [-0.25, -0.2) is 4.98 Å². The van der Waals surface area contributed by atoms with E-state index in [-0.39, 0.29) is 0 Å². The van der Waals surface area contributed by atoms with Crippen LogP contribution in [-0.2, 0) is 0 Å². The number of aromatic amines is 1. The van der Waals surface area contributed by atoms with E-state index in [1.54, 1.807) is 14.2 Å². The summed E-state index contributed by atoms with van der Waals surface area (Å²) in [4.78, 5) is 7.20. The van der Waals surface area contributed by atoms with Gasteiger partial charge in [0, 0.05) is 11.3 Å². The number of ether oxygens (including phenoxy) is 2. The molecule has 5 nitrogen and oxygen atoms in total. The van der Waals surface area contributed by atoms with Gasteiger partial charge < -0.3 is 20.2 Å². The molecule has 0 radical (unpaired) electrons. The van der Waals surface area contributed by atoms with Gasteiger partial charge in [0.2, 0.25) is 0 Å². The molecular formula is C12H15N3O2. The first-order valence-electron chi connectivity index (χ1n) is 5.20. The van der Waals surface area contributed by atoms with E-state index in [4.69, 9.17) is 15.2 Å². The van der Waals surface area contributed by atoms with Crippen molar-refractivity contribution in [1.82, 2.24) is 9.97 Å². The van der Waals surface area contributed by atoms with Gasteiger partial charge in [-0.2, -0.15) is 0 Å². The fraction of sp³-hybridized carbons (Fsp3) is 0.250. The number of aryl methyl sites for hydroxylation is 1. The predicted molar refractivity (Wildman–Crippen MR) is 66.3 cm³/mol. The van der Waals surface area contributed by atoms with Gasteiger partial charge in [0.15, 0.2) is 17.4 Å². The normalized spacial score (nSPS) is 10.3. The zero-order valence-electron chi connectivity index (χ0n) is 10.1. The fourth-order valence-corrected chi connectivity index (χ4v) is 1.75. The van der Waals surface area contributed by atoms with Gasteiger partial charge in [0.25, 0.3) is 0 Å². The molecule has 0 aliphatic carbocycles. The van der Waals surface area contributed by atoms with Crippen molar-refractivity contribution in [2.45, 2.75) is 6.92 Å². The summed E-state index contributed by atoms with van der Waals surface area (Å²) in [5, 5.41) is 0. The van der Waals surface area contributed by atoms with Crippen LogP contribution in [0.3, 0.4) is 0 Å². The van der Waals surface area contributed by atoms with Crippen molar-refractivity contribution in [1.29, 1.82) is 0 Å². The Balaban J connectivity index is 2.50. The molecule has 1 heterocycles. The molecule has 5 heteroatoms. The molecule has 90 valence electrons. The number of imidazole rings is 1. The van der Waals surface area contributed by atoms with Crippen molar-refractivity contribution in [2.75, 3.05) is 20.0 Å². The van der Waals surface area contributed by atoms with E-state index in [0.717, 1.165) is 17.0 Å². The molecule has 0 atom stereocenters. The summed E-state index contributed by atoms with van der Waals surface area (Å²) < 4.78 is 10.4. The Morgan fingerprint density at radius 3 is 2.41 bits per heavy atom. The zero-order valence-corrected chi connectivity index (χ0v) is 10.1. The maximum atomic E-state index is 5.62. The van der Waals surface area contributed by atoms with Gasteiger partial charge in [-0.05, 0) is 25.1 Å². The molecule has 1 aromatic carbocycles. The molecule has 0 aliphatic rings. The molecule has 2 aromatic rings. The highest BCUT2D eigenvalue weighted by Gasteiger charge is 2.11. The summed E-state index contributed by atoms with van der Waals surface area (Å²) in [6.07, 6.45) is 0. The SMILES string of the molecule is COc1ccc(-c2nc(N)[nH]c2C)cc1OC. The quantitative estimate of drug-likeness (QED) is 0.850. The molecule has 0 bridgehead atoms. The lowest BCUT2D eigenvalue weighted by atomic mass is 10.1. The van der Waals surface area contributed by atoms with Crippen LogP contribution in [0.25, 0.3) is 11.3 Å². The number of aromatic nitrogens is 2. The monoisotopic (exact) mass is 233 g/mol. The number of nitrogens with one attached hydrogen (secondary N) is 1. The predicted octanol–water partition coefficient (Wildman–Crippen LogP) is 1.98. The Labute approximate surface area is 99.6 Å². The smallest absolute Gasteiger partial charge is 0.198 e. The van der Waals surface area contributed by atoms with E-state index in [9.17, 15) is 0 Å². The minimum absolute atomic E-state index is 0.410. The van der Waals surface area contributed by atoms with Crippen molar-refractivity contribution >= 4 is 5.95 Å². The molecule has 0 aliphatic heterocycles. The Hall–Kier alpha value is -2.17. The lowest BCUT2D eigenvalue weighted by Crippen LogP contribution is -1.91. The number of nitrogen functional groups attached to an aromatic ring is 1. The highest BCUT2D eigenvalue weighted by molar-refractivity contribution is 5.67. The van der Waals surface area contributed by atoms with Crippen molar-refractivity contribution in [3.63, 3.8) is 0 Å². The van der Waals surface area contributed by atoms with Gasteiger partial charge >= 0.3 is 0 Å². The third-order valence-electron chi connectivity index (χ3n) is 2.56. The van der Waals surface area contributed by atoms with E-state index < -0.39 is 0 Å². The van der Waals surface area contributed by atoms with Crippen LogP contribution >= 0.6 is 0 Å². The molecule has 0 unspecified atom stereocenters. The molecule has 0 saturated carbocycles. The molecule has 0 saturated heterocycles. The number of benzene rings is 1. The van der Waals surface area contributed by atoms with Gasteiger partial charge in [-0.15, -0.1) is 0 Å². The lowest BCUT2D eigenvalue weighted by Gasteiger charge is -2.08. The summed E-state index contributed by atoms with van der Waals surface area (Å²) >= 11 is 0. The second-order valence-electron chi connectivity index (χ2n) is 3.67. The average Bonchev–Trinajstić information content (AvgIpc) is 2.67. The minimum atomic E-state index is 0.410. The number of methoxy groups -OCH3 is 2. The highest BCUT2D eigenvalue weighted by Crippen LogP contribution is 2.32. The maximum absolute atomic E-state index is 5.62. The first-order chi connectivity index (χ1) is 8.15. The van der Waals surface area contributed by atoms with Crippen LogP contribution in [0.1, 0.15) is 5.69 Å². The lowest BCUT2D eigenvalue weighted by molar-refractivity contribution is 0.355. The highest BCUT2D eigenvalue weighted by atomic mass is 16.5. The summed E-state index contributed by atoms with van der Waals surface area (Å²) in [6, 6.07) is 5.64. The Bertz CT molecular complexity index is 535. The van der Waals surface area contributed by atoms with Gasteiger partial charge in [-0.1, -0.05) is 0 Å². The zero-order chi connectivity index (χ0) is 12.4. The van der Waals surface area contributed by atoms with Crippen molar-refractivity contribution in [3.8, 4) is 22.8 Å². The summed E-state index contributed by atoms with van der Waals surface area (Å²) in [5.41, 5.74) is 8.31. The number of hydrogen-bond acceptors (Lipinski definition) is 4. The first kappa shape index (κ1) is 11.3. The van der Waals surface area contributed by atoms with Gasteiger partial charge in [-0.3, -0.25) is 0 Å². The molecule has 17 heavy (non-hydrogen) atoms. The molecule has 2 rings (SSSR count). The fourth-order valence-electron chi connectivity index (χ4n) is 1.75. The standard InChI is InChI=1S/C12H15N3O2/c1-7-11(15-12(13)14-7)8-4-5-9(16-2)10(6-8)17-3/h4-6H,1-3H3,(H3,13,14,15). The summed E-state index contributed by atoms with van der Waals surface area (Å²) in [7, 11) is 3.21. The summed E-state index contributed by atoms with van der Waals surface area (Å²) in [5.74, 6) is 1.77. The summed E-state index contributed by atoms with van der Waals surface area (Å²) in [6.45, 7) is 1.93.